The van der Waals surface area contributed by atoms with Crippen LogP contribution in [0.3, 0.4) is 0 Å². The van der Waals surface area contributed by atoms with Crippen molar-refractivity contribution in [3.8, 4) is 5.75 Å². The van der Waals surface area contributed by atoms with Crippen molar-refractivity contribution < 1.29 is 19.8 Å². The van der Waals surface area contributed by atoms with Crippen LogP contribution in [0.15, 0.2) is 18.2 Å². The van der Waals surface area contributed by atoms with Crippen LogP contribution in [0.5, 0.6) is 5.75 Å². The van der Waals surface area contributed by atoms with Gasteiger partial charge in [0.15, 0.2) is 0 Å². The lowest BCUT2D eigenvalue weighted by molar-refractivity contribution is 0.0697. The number of amides is 2. The van der Waals surface area contributed by atoms with Gasteiger partial charge < -0.3 is 26.6 Å². The van der Waals surface area contributed by atoms with Gasteiger partial charge in [-0.2, -0.15) is 0 Å². The van der Waals surface area contributed by atoms with Gasteiger partial charge in [-0.1, -0.05) is 12.8 Å². The van der Waals surface area contributed by atoms with E-state index >= 15 is 0 Å². The molecule has 0 bridgehead atoms. The zero-order chi connectivity index (χ0) is 15.4. The second-order valence-electron chi connectivity index (χ2n) is 5.19. The van der Waals surface area contributed by atoms with Crippen molar-refractivity contribution in [1.82, 2.24) is 5.32 Å². The van der Waals surface area contributed by atoms with E-state index in [1.54, 1.807) is 0 Å². The van der Waals surface area contributed by atoms with Gasteiger partial charge in [0.2, 0.25) is 0 Å². The summed E-state index contributed by atoms with van der Waals surface area (Å²) < 4.78 is 0. The second kappa shape index (κ2) is 6.45. The van der Waals surface area contributed by atoms with E-state index < -0.39 is 12.0 Å². The monoisotopic (exact) mass is 293 g/mol. The number of carboxylic acids is 1. The third-order valence-corrected chi connectivity index (χ3v) is 3.62. The highest BCUT2D eigenvalue weighted by molar-refractivity contribution is 6.00. The van der Waals surface area contributed by atoms with Gasteiger partial charge in [-0.3, -0.25) is 0 Å². The molecule has 0 radical (unpaired) electrons. The number of nitrogens with one attached hydrogen (secondary N) is 2. The zero-order valence-electron chi connectivity index (χ0n) is 11.5. The second-order valence-corrected chi connectivity index (χ2v) is 5.19. The number of carbonyl (C=O) groups is 2. The highest BCUT2D eigenvalue weighted by atomic mass is 16.4. The topological polar surface area (TPSA) is 125 Å². The Labute approximate surface area is 122 Å². The Bertz CT molecular complexity index is 547. The number of rotatable bonds is 3. The lowest BCUT2D eigenvalue weighted by Crippen LogP contribution is -2.50. The standard InChI is InChI=1S/C14H19N3O4/c15-10-3-1-2-4-12(10)17-14(21)16-11-6-5-8(18)7-9(11)13(19)20/h5-7,10,12,18H,1-4,15H2,(H,19,20)(H2,16,17,21). The summed E-state index contributed by atoms with van der Waals surface area (Å²) in [5.41, 5.74) is 5.91. The number of nitrogens with two attached hydrogens (primary N) is 1. The number of phenolic OH excluding ortho intramolecular Hbond substituents is 1. The highest BCUT2D eigenvalue weighted by Crippen LogP contribution is 2.22. The van der Waals surface area contributed by atoms with Crippen LogP contribution in [0, 0.1) is 0 Å². The Morgan fingerprint density at radius 3 is 2.62 bits per heavy atom. The predicted octanol–water partition coefficient (Wildman–Crippen LogP) is 1.48. The maximum absolute atomic E-state index is 12.0. The molecule has 0 saturated heterocycles. The highest BCUT2D eigenvalue weighted by Gasteiger charge is 2.23. The number of urea groups is 1. The Balaban J connectivity index is 2.04. The number of aromatic carboxylic acids is 1. The van der Waals surface area contributed by atoms with E-state index in [4.69, 9.17) is 10.8 Å². The number of hydrogen-bond donors (Lipinski definition) is 5. The van der Waals surface area contributed by atoms with Gasteiger partial charge in [0, 0.05) is 12.1 Å². The van der Waals surface area contributed by atoms with Crippen molar-refractivity contribution in [2.75, 3.05) is 5.32 Å². The fourth-order valence-corrected chi connectivity index (χ4v) is 2.48. The van der Waals surface area contributed by atoms with Crippen molar-refractivity contribution in [1.29, 1.82) is 0 Å². The number of carboxylic acid groups (broad SMARTS) is 1. The van der Waals surface area contributed by atoms with Gasteiger partial charge in [0.1, 0.15) is 5.75 Å². The van der Waals surface area contributed by atoms with Gasteiger partial charge in [-0.15, -0.1) is 0 Å². The maximum Gasteiger partial charge on any atom is 0.337 e. The van der Waals surface area contributed by atoms with E-state index in [9.17, 15) is 14.7 Å². The van der Waals surface area contributed by atoms with Gasteiger partial charge in [-0.05, 0) is 31.0 Å². The summed E-state index contributed by atoms with van der Waals surface area (Å²) in [6.07, 6.45) is 3.75. The molecular weight excluding hydrogens is 274 g/mol. The molecular formula is C14H19N3O4. The average molecular weight is 293 g/mol. The summed E-state index contributed by atoms with van der Waals surface area (Å²) in [7, 11) is 0. The first-order valence-electron chi connectivity index (χ1n) is 6.87. The fraction of sp³-hybridized carbons (Fsp3) is 0.429. The molecule has 2 atom stereocenters. The van der Waals surface area contributed by atoms with Gasteiger partial charge in [0.05, 0.1) is 11.3 Å². The summed E-state index contributed by atoms with van der Waals surface area (Å²) in [5.74, 6) is -1.40. The Morgan fingerprint density at radius 1 is 1.24 bits per heavy atom. The Hall–Kier alpha value is -2.28. The van der Waals surface area contributed by atoms with E-state index in [2.05, 4.69) is 10.6 Å². The van der Waals surface area contributed by atoms with Crippen LogP contribution in [0.4, 0.5) is 10.5 Å². The Kier molecular flexibility index (Phi) is 4.64. The van der Waals surface area contributed by atoms with Crippen LogP contribution < -0.4 is 16.4 Å². The number of aromatic hydroxyl groups is 1. The number of anilines is 1. The van der Waals surface area contributed by atoms with Crippen molar-refractivity contribution in [3.63, 3.8) is 0 Å². The third-order valence-electron chi connectivity index (χ3n) is 3.62. The molecule has 0 heterocycles. The van der Waals surface area contributed by atoms with Crippen LogP contribution in [0.2, 0.25) is 0 Å². The molecule has 114 valence electrons. The van der Waals surface area contributed by atoms with E-state index in [-0.39, 0.29) is 29.1 Å². The molecule has 2 rings (SSSR count). The quantitative estimate of drug-likeness (QED) is 0.540. The molecule has 1 saturated carbocycles. The van der Waals surface area contributed by atoms with Crippen LogP contribution >= 0.6 is 0 Å². The van der Waals surface area contributed by atoms with Gasteiger partial charge >= 0.3 is 12.0 Å². The molecule has 0 aromatic heterocycles. The number of hydrogen-bond acceptors (Lipinski definition) is 4. The molecule has 0 aliphatic heterocycles. The van der Waals surface area contributed by atoms with Crippen molar-refractivity contribution >= 4 is 17.7 Å². The minimum Gasteiger partial charge on any atom is -0.508 e. The van der Waals surface area contributed by atoms with Crippen LogP contribution in [0.1, 0.15) is 36.0 Å². The zero-order valence-corrected chi connectivity index (χ0v) is 11.5. The molecule has 1 aromatic rings. The maximum atomic E-state index is 12.0. The van der Waals surface area contributed by atoms with Gasteiger partial charge in [-0.25, -0.2) is 9.59 Å². The van der Waals surface area contributed by atoms with Crippen LogP contribution in [0.25, 0.3) is 0 Å². The fourth-order valence-electron chi connectivity index (χ4n) is 2.48. The van der Waals surface area contributed by atoms with E-state index in [1.165, 1.54) is 12.1 Å². The molecule has 6 N–H and O–H groups in total. The normalized spacial score (nSPS) is 21.6. The SMILES string of the molecule is NC1CCCCC1NC(=O)Nc1ccc(O)cc1C(=O)O. The average Bonchev–Trinajstić information content (AvgIpc) is 2.43. The minimum absolute atomic E-state index is 0.0803. The molecule has 2 amide bonds. The molecule has 21 heavy (non-hydrogen) atoms. The molecule has 7 heteroatoms. The first kappa shape index (κ1) is 15.1. The summed E-state index contributed by atoms with van der Waals surface area (Å²) in [5, 5.41) is 23.6. The molecule has 1 aliphatic carbocycles. The van der Waals surface area contributed by atoms with E-state index in [0.717, 1.165) is 31.7 Å². The first-order chi connectivity index (χ1) is 9.97. The lowest BCUT2D eigenvalue weighted by Gasteiger charge is -2.29. The summed E-state index contributed by atoms with van der Waals surface area (Å²) >= 11 is 0. The Morgan fingerprint density at radius 2 is 1.95 bits per heavy atom. The molecule has 7 nitrogen and oxygen atoms in total. The van der Waals surface area contributed by atoms with Crippen LogP contribution in [-0.4, -0.2) is 34.3 Å². The van der Waals surface area contributed by atoms with E-state index in [1.807, 2.05) is 0 Å². The van der Waals surface area contributed by atoms with E-state index in [0.29, 0.717) is 0 Å². The predicted molar refractivity (Wildman–Crippen MR) is 77.5 cm³/mol. The molecule has 1 aliphatic rings. The number of benzene rings is 1. The van der Waals surface area contributed by atoms with Crippen LogP contribution in [-0.2, 0) is 0 Å². The molecule has 1 aromatic carbocycles. The van der Waals surface area contributed by atoms with Gasteiger partial charge in [0.25, 0.3) is 0 Å². The van der Waals surface area contributed by atoms with Crippen molar-refractivity contribution in [2.24, 2.45) is 5.73 Å². The number of phenols is 1. The third kappa shape index (κ3) is 3.85. The summed E-state index contributed by atoms with van der Waals surface area (Å²) in [6.45, 7) is 0. The molecule has 2 unspecified atom stereocenters. The molecule has 0 spiro atoms. The van der Waals surface area contributed by atoms with Crippen molar-refractivity contribution in [3.05, 3.63) is 23.8 Å². The number of carbonyl (C=O) groups excluding carboxylic acids is 1. The van der Waals surface area contributed by atoms with Crippen molar-refractivity contribution in [2.45, 2.75) is 37.8 Å². The lowest BCUT2D eigenvalue weighted by atomic mass is 9.91. The summed E-state index contributed by atoms with van der Waals surface area (Å²) in [6, 6.07) is 3.07. The smallest absolute Gasteiger partial charge is 0.337 e. The molecule has 1 fully saturated rings. The first-order valence-corrected chi connectivity index (χ1v) is 6.87. The largest absolute Gasteiger partial charge is 0.508 e. The minimum atomic E-state index is -1.23. The summed E-state index contributed by atoms with van der Waals surface area (Å²) in [4.78, 5) is 23.0.